The van der Waals surface area contributed by atoms with E-state index in [9.17, 15) is 13.2 Å². The van der Waals surface area contributed by atoms with Crippen molar-refractivity contribution in [3.8, 4) is 16.9 Å². The largest absolute Gasteiger partial charge is 0.497 e. The molecule has 2 aromatic carbocycles. The highest BCUT2D eigenvalue weighted by Gasteiger charge is 2.39. The van der Waals surface area contributed by atoms with E-state index in [1.54, 1.807) is 74.7 Å². The van der Waals surface area contributed by atoms with Crippen LogP contribution in [0.4, 0.5) is 24.7 Å². The summed E-state index contributed by atoms with van der Waals surface area (Å²) in [6, 6.07) is 17.1. The molecule has 2 heterocycles. The molecule has 148 valence electrons. The summed E-state index contributed by atoms with van der Waals surface area (Å²) in [4.78, 5) is 4.36. The molecule has 0 saturated carbocycles. The van der Waals surface area contributed by atoms with E-state index in [2.05, 4.69) is 15.4 Å². The number of hydrogen-bond acceptors (Lipinski definition) is 4. The fraction of sp³-hybridized carbons (Fsp3) is 0.143. The molecule has 4 aromatic rings. The van der Waals surface area contributed by atoms with Gasteiger partial charge in [-0.05, 0) is 24.6 Å². The second kappa shape index (κ2) is 7.12. The van der Waals surface area contributed by atoms with Crippen LogP contribution in [0, 0.1) is 6.92 Å². The van der Waals surface area contributed by atoms with Gasteiger partial charge in [-0.1, -0.05) is 36.4 Å². The Kier molecular flexibility index (Phi) is 4.62. The van der Waals surface area contributed by atoms with Crippen LogP contribution in [0.25, 0.3) is 16.8 Å². The van der Waals surface area contributed by atoms with E-state index < -0.39 is 11.9 Å². The third kappa shape index (κ3) is 3.61. The van der Waals surface area contributed by atoms with E-state index in [4.69, 9.17) is 4.74 Å². The van der Waals surface area contributed by atoms with Gasteiger partial charge in [-0.15, -0.1) is 0 Å². The Labute approximate surface area is 164 Å². The van der Waals surface area contributed by atoms with Crippen LogP contribution in [0.15, 0.2) is 60.7 Å². The maximum Gasteiger partial charge on any atom is 0.435 e. The molecule has 0 radical (unpaired) electrons. The van der Waals surface area contributed by atoms with E-state index >= 15 is 0 Å². The Morgan fingerprint density at radius 2 is 1.76 bits per heavy atom. The number of benzene rings is 2. The summed E-state index contributed by atoms with van der Waals surface area (Å²) in [5, 5.41) is 6.99. The number of halogens is 3. The average Bonchev–Trinajstić information content (AvgIpc) is 3.09. The maximum atomic E-state index is 13.8. The molecule has 0 saturated heterocycles. The first-order chi connectivity index (χ1) is 13.9. The molecule has 0 bridgehead atoms. The number of fused-ring (bicyclic) bond motifs is 1. The van der Waals surface area contributed by atoms with Gasteiger partial charge < -0.3 is 10.1 Å². The third-order valence-electron chi connectivity index (χ3n) is 4.39. The van der Waals surface area contributed by atoms with Gasteiger partial charge in [0.1, 0.15) is 11.6 Å². The van der Waals surface area contributed by atoms with Crippen molar-refractivity contribution in [1.29, 1.82) is 0 Å². The number of nitrogens with zero attached hydrogens (tertiary/aromatic N) is 3. The molecule has 0 unspecified atom stereocenters. The van der Waals surface area contributed by atoms with Crippen molar-refractivity contribution in [2.75, 3.05) is 12.4 Å². The summed E-state index contributed by atoms with van der Waals surface area (Å²) in [5.41, 5.74) is 0.732. The number of alkyl halides is 3. The second-order valence-electron chi connectivity index (χ2n) is 6.46. The van der Waals surface area contributed by atoms with Crippen LogP contribution in [0.5, 0.6) is 5.75 Å². The molecule has 0 fully saturated rings. The Balaban J connectivity index is 1.94. The Morgan fingerprint density at radius 3 is 2.45 bits per heavy atom. The Morgan fingerprint density at radius 1 is 1.00 bits per heavy atom. The van der Waals surface area contributed by atoms with Crippen molar-refractivity contribution < 1.29 is 17.9 Å². The normalized spacial score (nSPS) is 11.6. The first kappa shape index (κ1) is 18.8. The topological polar surface area (TPSA) is 51.5 Å². The van der Waals surface area contributed by atoms with Gasteiger partial charge in [0, 0.05) is 23.5 Å². The molecule has 8 heteroatoms. The van der Waals surface area contributed by atoms with E-state index in [1.807, 2.05) is 0 Å². The van der Waals surface area contributed by atoms with E-state index in [0.29, 0.717) is 28.5 Å². The predicted molar refractivity (Wildman–Crippen MR) is 104 cm³/mol. The molecular formula is C21H17F3N4O. The highest BCUT2D eigenvalue weighted by molar-refractivity contribution is 5.82. The predicted octanol–water partition coefficient (Wildman–Crippen LogP) is 5.48. The molecule has 0 aliphatic rings. The van der Waals surface area contributed by atoms with Gasteiger partial charge in [0.2, 0.25) is 0 Å². The van der Waals surface area contributed by atoms with E-state index in [0.717, 1.165) is 0 Å². The van der Waals surface area contributed by atoms with Crippen LogP contribution in [0.1, 0.15) is 11.4 Å². The lowest BCUT2D eigenvalue weighted by Gasteiger charge is -2.10. The highest BCUT2D eigenvalue weighted by atomic mass is 19.4. The summed E-state index contributed by atoms with van der Waals surface area (Å²) < 4.78 is 47.8. The fourth-order valence-electron chi connectivity index (χ4n) is 3.15. The maximum absolute atomic E-state index is 13.8. The van der Waals surface area contributed by atoms with Crippen molar-refractivity contribution in [2.45, 2.75) is 13.1 Å². The molecule has 0 aliphatic carbocycles. The molecule has 2 aromatic heterocycles. The SMILES string of the molecule is COc1cccc(Nc2cc(C)nc3c(-c4ccccc4)c(C(F)(F)F)nn23)c1. The molecule has 29 heavy (non-hydrogen) atoms. The molecule has 1 N–H and O–H groups in total. The van der Waals surface area contributed by atoms with Crippen molar-refractivity contribution in [3.05, 3.63) is 72.1 Å². The first-order valence-corrected chi connectivity index (χ1v) is 8.81. The van der Waals surface area contributed by atoms with Gasteiger partial charge >= 0.3 is 6.18 Å². The molecule has 0 amide bonds. The number of hydrogen-bond donors (Lipinski definition) is 1. The third-order valence-corrected chi connectivity index (χ3v) is 4.39. The Bertz CT molecular complexity index is 1170. The molecule has 0 spiro atoms. The monoisotopic (exact) mass is 398 g/mol. The second-order valence-corrected chi connectivity index (χ2v) is 6.46. The zero-order valence-electron chi connectivity index (χ0n) is 15.7. The number of aryl methyl sites for hydroxylation is 1. The van der Waals surface area contributed by atoms with Crippen molar-refractivity contribution in [1.82, 2.24) is 14.6 Å². The molecule has 0 atom stereocenters. The minimum absolute atomic E-state index is 0.0458. The zero-order chi connectivity index (χ0) is 20.6. The average molecular weight is 398 g/mol. The summed E-state index contributed by atoms with van der Waals surface area (Å²) in [6.45, 7) is 1.73. The molecule has 0 aliphatic heterocycles. The summed E-state index contributed by atoms with van der Waals surface area (Å²) in [5.74, 6) is 0.992. The first-order valence-electron chi connectivity index (χ1n) is 8.81. The number of methoxy groups -OCH3 is 1. The van der Waals surface area contributed by atoms with Crippen LogP contribution in [-0.2, 0) is 6.18 Å². The van der Waals surface area contributed by atoms with Crippen LogP contribution < -0.4 is 10.1 Å². The van der Waals surface area contributed by atoms with Gasteiger partial charge in [-0.3, -0.25) is 0 Å². The smallest absolute Gasteiger partial charge is 0.435 e. The molecule has 4 rings (SSSR count). The summed E-state index contributed by atoms with van der Waals surface area (Å²) >= 11 is 0. The van der Waals surface area contributed by atoms with Gasteiger partial charge in [-0.2, -0.15) is 22.8 Å². The standard InChI is InChI=1S/C21H17F3N4O/c1-13-11-17(26-15-9-6-10-16(12-15)29-2)28-20(25-13)18(14-7-4-3-5-8-14)19(27-28)21(22,23)24/h3-12,26H,1-2H3. The summed E-state index contributed by atoms with van der Waals surface area (Å²) in [7, 11) is 1.54. The van der Waals surface area contributed by atoms with Gasteiger partial charge in [0.05, 0.1) is 12.7 Å². The summed E-state index contributed by atoms with van der Waals surface area (Å²) in [6.07, 6.45) is -4.62. The van der Waals surface area contributed by atoms with Crippen LogP contribution in [0.2, 0.25) is 0 Å². The van der Waals surface area contributed by atoms with Gasteiger partial charge in [0.25, 0.3) is 0 Å². The zero-order valence-corrected chi connectivity index (χ0v) is 15.7. The number of nitrogens with one attached hydrogen (secondary N) is 1. The lowest BCUT2D eigenvalue weighted by atomic mass is 10.1. The van der Waals surface area contributed by atoms with Gasteiger partial charge in [-0.25, -0.2) is 4.98 Å². The minimum Gasteiger partial charge on any atom is -0.497 e. The highest BCUT2D eigenvalue weighted by Crippen LogP contribution is 2.39. The molecule has 5 nitrogen and oxygen atoms in total. The number of ether oxygens (including phenoxy) is 1. The minimum atomic E-state index is -4.62. The lowest BCUT2D eigenvalue weighted by Crippen LogP contribution is -2.08. The Hall–Kier alpha value is -3.55. The van der Waals surface area contributed by atoms with Crippen molar-refractivity contribution >= 4 is 17.2 Å². The number of aromatic nitrogens is 3. The van der Waals surface area contributed by atoms with E-state index in [-0.39, 0.29) is 11.2 Å². The number of anilines is 2. The van der Waals surface area contributed by atoms with Crippen molar-refractivity contribution in [3.63, 3.8) is 0 Å². The lowest BCUT2D eigenvalue weighted by molar-refractivity contribution is -0.140. The molecular weight excluding hydrogens is 381 g/mol. The van der Waals surface area contributed by atoms with Crippen LogP contribution in [-0.4, -0.2) is 21.7 Å². The van der Waals surface area contributed by atoms with Crippen LogP contribution >= 0.6 is 0 Å². The quantitative estimate of drug-likeness (QED) is 0.495. The van der Waals surface area contributed by atoms with Crippen molar-refractivity contribution in [2.24, 2.45) is 0 Å². The number of rotatable bonds is 4. The van der Waals surface area contributed by atoms with Crippen LogP contribution in [0.3, 0.4) is 0 Å². The fourth-order valence-corrected chi connectivity index (χ4v) is 3.15. The van der Waals surface area contributed by atoms with E-state index in [1.165, 1.54) is 4.52 Å². The van der Waals surface area contributed by atoms with Gasteiger partial charge in [0.15, 0.2) is 11.3 Å².